The SMILES string of the molecule is CCOc1cncc(Nc2cc(-c3ccc4cc(C#N)cnn34)ncc2C(=O)NCC(F)C(C)(C)O)n1. The zero-order chi connectivity index (χ0) is 26.6. The molecule has 1 amide bonds. The molecule has 0 aliphatic heterocycles. The van der Waals surface area contributed by atoms with Gasteiger partial charge in [-0.1, -0.05) is 0 Å². The van der Waals surface area contributed by atoms with Crippen molar-refractivity contribution in [2.45, 2.75) is 32.5 Å². The Labute approximate surface area is 212 Å². The highest BCUT2D eigenvalue weighted by Gasteiger charge is 2.27. The van der Waals surface area contributed by atoms with Crippen molar-refractivity contribution in [3.8, 4) is 23.3 Å². The van der Waals surface area contributed by atoms with E-state index >= 15 is 0 Å². The number of rotatable bonds is 9. The molecular formula is C25H25FN8O3. The summed E-state index contributed by atoms with van der Waals surface area (Å²) in [7, 11) is 0. The zero-order valence-corrected chi connectivity index (χ0v) is 20.4. The van der Waals surface area contributed by atoms with Crippen LogP contribution in [0.2, 0.25) is 0 Å². The Kier molecular flexibility index (Phi) is 7.26. The van der Waals surface area contributed by atoms with Crippen molar-refractivity contribution in [2.24, 2.45) is 0 Å². The highest BCUT2D eigenvalue weighted by atomic mass is 19.1. The number of aromatic nitrogens is 5. The van der Waals surface area contributed by atoms with Crippen molar-refractivity contribution in [1.82, 2.24) is 29.9 Å². The van der Waals surface area contributed by atoms with Gasteiger partial charge in [0.05, 0.1) is 71.1 Å². The van der Waals surface area contributed by atoms with Crippen LogP contribution in [0.3, 0.4) is 0 Å². The first-order chi connectivity index (χ1) is 17.7. The second-order valence-electron chi connectivity index (χ2n) is 8.66. The standard InChI is InChI=1S/C25H25FN8O3/c1-4-37-23-14-28-13-22(33-23)32-18-8-19(20-6-5-16-7-15(9-27)10-31-34(16)20)29-11-17(18)24(35)30-12-21(26)25(2,3)36/h5-8,10-11,13-14,21,36H,4,12H2,1-3H3,(H,30,35)(H,29,32,33). The summed E-state index contributed by atoms with van der Waals surface area (Å²) in [5.41, 5.74) is 1.05. The summed E-state index contributed by atoms with van der Waals surface area (Å²) in [4.78, 5) is 25.9. The Balaban J connectivity index is 1.71. The molecule has 37 heavy (non-hydrogen) atoms. The van der Waals surface area contributed by atoms with Crippen LogP contribution in [-0.2, 0) is 0 Å². The summed E-state index contributed by atoms with van der Waals surface area (Å²) in [5.74, 6) is 0.0151. The van der Waals surface area contributed by atoms with Gasteiger partial charge in [-0.3, -0.25) is 14.8 Å². The van der Waals surface area contributed by atoms with Crippen LogP contribution in [0.25, 0.3) is 16.9 Å². The fourth-order valence-corrected chi connectivity index (χ4v) is 3.43. The number of hydrogen-bond donors (Lipinski definition) is 3. The third-order valence-corrected chi connectivity index (χ3v) is 5.42. The number of nitrogens with one attached hydrogen (secondary N) is 2. The minimum Gasteiger partial charge on any atom is -0.477 e. The molecule has 0 aromatic carbocycles. The molecule has 0 radical (unpaired) electrons. The number of aliphatic hydroxyl groups is 1. The fourth-order valence-electron chi connectivity index (χ4n) is 3.43. The van der Waals surface area contributed by atoms with E-state index in [1.54, 1.807) is 28.8 Å². The van der Waals surface area contributed by atoms with Gasteiger partial charge in [-0.05, 0) is 45.0 Å². The first kappa shape index (κ1) is 25.5. The molecule has 190 valence electrons. The van der Waals surface area contributed by atoms with Gasteiger partial charge in [-0.2, -0.15) is 15.3 Å². The molecule has 3 N–H and O–H groups in total. The van der Waals surface area contributed by atoms with Gasteiger partial charge in [0.1, 0.15) is 12.2 Å². The minimum absolute atomic E-state index is 0.121. The van der Waals surface area contributed by atoms with E-state index in [1.807, 2.05) is 6.92 Å². The smallest absolute Gasteiger partial charge is 0.255 e. The number of alkyl halides is 1. The van der Waals surface area contributed by atoms with Crippen LogP contribution in [0.4, 0.5) is 15.9 Å². The molecule has 0 aliphatic rings. The van der Waals surface area contributed by atoms with E-state index in [1.165, 1.54) is 38.6 Å². The van der Waals surface area contributed by atoms with Gasteiger partial charge in [-0.15, -0.1) is 0 Å². The van der Waals surface area contributed by atoms with Crippen LogP contribution in [0.15, 0.2) is 49.1 Å². The number of pyridine rings is 1. The zero-order valence-electron chi connectivity index (χ0n) is 20.4. The number of carbonyl (C=O) groups is 1. The first-order valence-electron chi connectivity index (χ1n) is 11.4. The average Bonchev–Trinajstić information content (AvgIpc) is 3.30. The molecule has 12 heteroatoms. The highest BCUT2D eigenvalue weighted by molar-refractivity contribution is 6.00. The molecule has 1 unspecified atom stereocenters. The predicted octanol–water partition coefficient (Wildman–Crippen LogP) is 3.04. The summed E-state index contributed by atoms with van der Waals surface area (Å²) in [6.07, 6.45) is 4.06. The van der Waals surface area contributed by atoms with E-state index in [2.05, 4.69) is 36.8 Å². The number of ether oxygens (including phenoxy) is 1. The third kappa shape index (κ3) is 5.79. The second-order valence-corrected chi connectivity index (χ2v) is 8.66. The monoisotopic (exact) mass is 504 g/mol. The molecule has 0 bridgehead atoms. The van der Waals surface area contributed by atoms with Crippen molar-refractivity contribution in [3.63, 3.8) is 0 Å². The van der Waals surface area contributed by atoms with E-state index < -0.39 is 24.2 Å². The van der Waals surface area contributed by atoms with E-state index in [-0.39, 0.29) is 5.56 Å². The summed E-state index contributed by atoms with van der Waals surface area (Å²) in [6.45, 7) is 4.48. The lowest BCUT2D eigenvalue weighted by atomic mass is 10.0. The van der Waals surface area contributed by atoms with E-state index in [9.17, 15) is 14.3 Å². The maximum Gasteiger partial charge on any atom is 0.255 e. The van der Waals surface area contributed by atoms with Crippen molar-refractivity contribution >= 4 is 22.9 Å². The van der Waals surface area contributed by atoms with E-state index in [0.717, 1.165) is 0 Å². The Morgan fingerprint density at radius 1 is 1.27 bits per heavy atom. The van der Waals surface area contributed by atoms with Crippen molar-refractivity contribution in [1.29, 1.82) is 5.26 Å². The van der Waals surface area contributed by atoms with Crippen LogP contribution in [0.5, 0.6) is 5.88 Å². The first-order valence-corrected chi connectivity index (χ1v) is 11.4. The topological polar surface area (TPSA) is 150 Å². The summed E-state index contributed by atoms with van der Waals surface area (Å²) in [5, 5.41) is 28.9. The normalized spacial score (nSPS) is 12.1. The highest BCUT2D eigenvalue weighted by Crippen LogP contribution is 2.27. The van der Waals surface area contributed by atoms with Gasteiger partial charge >= 0.3 is 0 Å². The number of nitrogens with zero attached hydrogens (tertiary/aromatic N) is 6. The van der Waals surface area contributed by atoms with Crippen LogP contribution in [-0.4, -0.2) is 60.5 Å². The maximum absolute atomic E-state index is 14.2. The minimum atomic E-state index is -1.68. The summed E-state index contributed by atoms with van der Waals surface area (Å²) < 4.78 is 21.3. The molecule has 11 nitrogen and oxygen atoms in total. The fraction of sp³-hybridized carbons (Fsp3) is 0.280. The number of anilines is 2. The largest absolute Gasteiger partial charge is 0.477 e. The molecule has 4 aromatic heterocycles. The molecule has 4 rings (SSSR count). The number of amides is 1. The maximum atomic E-state index is 14.2. The van der Waals surface area contributed by atoms with Crippen molar-refractivity contribution < 1.29 is 19.0 Å². The van der Waals surface area contributed by atoms with Gasteiger partial charge in [0.25, 0.3) is 5.91 Å². The van der Waals surface area contributed by atoms with Crippen LogP contribution < -0.4 is 15.4 Å². The Morgan fingerprint density at radius 3 is 2.81 bits per heavy atom. The number of fused-ring (bicyclic) bond motifs is 1. The lowest BCUT2D eigenvalue weighted by Crippen LogP contribution is -2.42. The van der Waals surface area contributed by atoms with Gasteiger partial charge in [0.2, 0.25) is 5.88 Å². The molecular weight excluding hydrogens is 479 g/mol. The molecule has 0 aliphatic carbocycles. The molecule has 0 fully saturated rings. The molecule has 0 saturated heterocycles. The number of halogens is 1. The Bertz CT molecular complexity index is 1480. The van der Waals surface area contributed by atoms with Crippen LogP contribution in [0.1, 0.15) is 36.7 Å². The van der Waals surface area contributed by atoms with Gasteiger partial charge < -0.3 is 20.5 Å². The molecule has 1 atom stereocenters. The second kappa shape index (κ2) is 10.5. The molecule has 0 spiro atoms. The number of hydrogen-bond acceptors (Lipinski definition) is 9. The van der Waals surface area contributed by atoms with Gasteiger partial charge in [0, 0.05) is 6.20 Å². The predicted molar refractivity (Wildman–Crippen MR) is 133 cm³/mol. The Hall–Kier alpha value is -4.63. The molecule has 4 heterocycles. The number of nitriles is 1. The van der Waals surface area contributed by atoms with Gasteiger partial charge in [0.15, 0.2) is 5.82 Å². The average molecular weight is 505 g/mol. The van der Waals surface area contributed by atoms with E-state index in [4.69, 9.17) is 10.00 Å². The quantitative estimate of drug-likeness (QED) is 0.312. The third-order valence-electron chi connectivity index (χ3n) is 5.42. The molecule has 0 saturated carbocycles. The van der Waals surface area contributed by atoms with Gasteiger partial charge in [-0.25, -0.2) is 8.91 Å². The van der Waals surface area contributed by atoms with E-state index in [0.29, 0.717) is 46.5 Å². The lowest BCUT2D eigenvalue weighted by Gasteiger charge is -2.22. The molecule has 4 aromatic rings. The van der Waals surface area contributed by atoms with Crippen molar-refractivity contribution in [2.75, 3.05) is 18.5 Å². The van der Waals surface area contributed by atoms with Crippen LogP contribution in [0, 0.1) is 11.3 Å². The Morgan fingerprint density at radius 2 is 2.08 bits per heavy atom. The summed E-state index contributed by atoms with van der Waals surface area (Å²) in [6, 6.07) is 8.98. The van der Waals surface area contributed by atoms with Crippen molar-refractivity contribution in [3.05, 3.63) is 60.2 Å². The van der Waals surface area contributed by atoms with Crippen LogP contribution >= 0.6 is 0 Å². The summed E-state index contributed by atoms with van der Waals surface area (Å²) >= 11 is 0. The number of carbonyl (C=O) groups excluding carboxylic acids is 1. The lowest BCUT2D eigenvalue weighted by molar-refractivity contribution is -0.00177.